The van der Waals surface area contributed by atoms with Crippen LogP contribution in [0, 0.1) is 13.8 Å². The fraction of sp³-hybridized carbons (Fsp3) is 0.480. The molecule has 3 rings (SSSR count). The minimum atomic E-state index is -0.00860. The minimum Gasteiger partial charge on any atom is -0.488 e. The molecule has 0 radical (unpaired) electrons. The lowest BCUT2D eigenvalue weighted by Gasteiger charge is -2.46. The van der Waals surface area contributed by atoms with Crippen LogP contribution in [0.4, 0.5) is 0 Å². The van der Waals surface area contributed by atoms with Crippen molar-refractivity contribution in [2.45, 2.75) is 78.1 Å². The number of carbonyl (C=O) groups is 1. The molecule has 4 nitrogen and oxygen atoms in total. The molecule has 0 bridgehead atoms. The Balaban J connectivity index is 1.60. The third-order valence-corrected chi connectivity index (χ3v) is 5.53. The highest BCUT2D eigenvalue weighted by atomic mass is 16.5. The predicted octanol–water partition coefficient (Wildman–Crippen LogP) is 4.92. The lowest BCUT2D eigenvalue weighted by atomic mass is 9.79. The molecule has 4 heteroatoms. The zero-order chi connectivity index (χ0) is 21.2. The summed E-state index contributed by atoms with van der Waals surface area (Å²) >= 11 is 0. The topological polar surface area (TPSA) is 50.4 Å². The van der Waals surface area contributed by atoms with Gasteiger partial charge in [-0.25, -0.2) is 0 Å². The van der Waals surface area contributed by atoms with Crippen molar-refractivity contribution in [1.29, 1.82) is 0 Å². The Labute approximate surface area is 175 Å². The number of para-hydroxylation sites is 1. The van der Waals surface area contributed by atoms with Crippen molar-refractivity contribution in [3.05, 3.63) is 64.7 Å². The van der Waals surface area contributed by atoms with E-state index in [1.165, 1.54) is 0 Å². The molecule has 1 aliphatic heterocycles. The number of rotatable bonds is 5. The van der Waals surface area contributed by atoms with Crippen LogP contribution in [0.5, 0.6) is 5.75 Å². The van der Waals surface area contributed by atoms with E-state index in [0.717, 1.165) is 35.3 Å². The van der Waals surface area contributed by atoms with Gasteiger partial charge in [-0.2, -0.15) is 0 Å². The van der Waals surface area contributed by atoms with Crippen LogP contribution in [0.15, 0.2) is 42.5 Å². The summed E-state index contributed by atoms with van der Waals surface area (Å²) in [5.74, 6) is 0.927. The number of hydrogen-bond acceptors (Lipinski definition) is 3. The molecule has 2 aromatic carbocycles. The summed E-state index contributed by atoms with van der Waals surface area (Å²) in [6, 6.07) is 14.0. The number of nitrogens with one attached hydrogen (secondary N) is 2. The maximum Gasteiger partial charge on any atom is 0.251 e. The summed E-state index contributed by atoms with van der Waals surface area (Å²) in [6.45, 7) is 13.4. The summed E-state index contributed by atoms with van der Waals surface area (Å²) in [4.78, 5) is 12.8. The van der Waals surface area contributed by atoms with Crippen LogP contribution in [0.25, 0.3) is 0 Å². The van der Waals surface area contributed by atoms with Crippen molar-refractivity contribution < 1.29 is 9.53 Å². The van der Waals surface area contributed by atoms with E-state index < -0.39 is 0 Å². The summed E-state index contributed by atoms with van der Waals surface area (Å²) in [7, 11) is 0. The van der Waals surface area contributed by atoms with Crippen molar-refractivity contribution >= 4 is 5.91 Å². The Morgan fingerprint density at radius 2 is 1.55 bits per heavy atom. The zero-order valence-electron chi connectivity index (χ0n) is 18.6. The van der Waals surface area contributed by atoms with Gasteiger partial charge in [0.15, 0.2) is 0 Å². The van der Waals surface area contributed by atoms with E-state index in [1.807, 2.05) is 30.3 Å². The molecule has 2 aromatic rings. The van der Waals surface area contributed by atoms with Gasteiger partial charge in [-0.3, -0.25) is 4.79 Å². The number of benzene rings is 2. The molecule has 0 saturated carbocycles. The molecule has 29 heavy (non-hydrogen) atoms. The smallest absolute Gasteiger partial charge is 0.251 e. The Kier molecular flexibility index (Phi) is 6.04. The van der Waals surface area contributed by atoms with Crippen molar-refractivity contribution in [3.8, 4) is 5.75 Å². The normalized spacial score (nSPS) is 18.3. The van der Waals surface area contributed by atoms with Crippen LogP contribution in [0.3, 0.4) is 0 Å². The number of aryl methyl sites for hydroxylation is 2. The largest absolute Gasteiger partial charge is 0.488 e. The van der Waals surface area contributed by atoms with E-state index in [2.05, 4.69) is 64.3 Å². The van der Waals surface area contributed by atoms with Crippen molar-refractivity contribution in [2.24, 2.45) is 0 Å². The van der Waals surface area contributed by atoms with E-state index in [1.54, 1.807) is 0 Å². The second kappa shape index (κ2) is 8.19. The molecule has 0 unspecified atom stereocenters. The van der Waals surface area contributed by atoms with Gasteiger partial charge in [0.25, 0.3) is 5.91 Å². The van der Waals surface area contributed by atoms with E-state index >= 15 is 0 Å². The molecule has 1 aliphatic rings. The number of ether oxygens (including phenoxy) is 1. The second-order valence-corrected chi connectivity index (χ2v) is 9.68. The third kappa shape index (κ3) is 5.60. The van der Waals surface area contributed by atoms with E-state index in [9.17, 15) is 4.79 Å². The maximum absolute atomic E-state index is 12.8. The Hall–Kier alpha value is -2.33. The van der Waals surface area contributed by atoms with Gasteiger partial charge in [0.05, 0.1) is 0 Å². The Morgan fingerprint density at radius 3 is 2.10 bits per heavy atom. The molecule has 1 fully saturated rings. The summed E-state index contributed by atoms with van der Waals surface area (Å²) < 4.78 is 6.01. The number of amides is 1. The molecule has 1 saturated heterocycles. The third-order valence-electron chi connectivity index (χ3n) is 5.53. The average molecular weight is 395 g/mol. The van der Waals surface area contributed by atoms with Crippen molar-refractivity contribution in [1.82, 2.24) is 10.6 Å². The van der Waals surface area contributed by atoms with Crippen LogP contribution >= 0.6 is 0 Å². The zero-order valence-corrected chi connectivity index (χ0v) is 18.6. The standard InChI is InChI=1S/C25H34N2O2/c1-17-8-7-9-18(2)22(17)29-16-19-10-12-20(13-11-19)23(28)26-21-14-24(3,4)27-25(5,6)15-21/h7-13,21,27H,14-16H2,1-6H3,(H,26,28). The molecule has 0 aliphatic carbocycles. The van der Waals surface area contributed by atoms with Crippen LogP contribution in [-0.4, -0.2) is 23.0 Å². The van der Waals surface area contributed by atoms with Crippen LogP contribution in [0.1, 0.15) is 67.6 Å². The van der Waals surface area contributed by atoms with Crippen molar-refractivity contribution in [2.75, 3.05) is 0 Å². The monoisotopic (exact) mass is 394 g/mol. The van der Waals surface area contributed by atoms with Gasteiger partial charge < -0.3 is 15.4 Å². The van der Waals surface area contributed by atoms with E-state index in [-0.39, 0.29) is 23.0 Å². The van der Waals surface area contributed by atoms with Crippen molar-refractivity contribution in [3.63, 3.8) is 0 Å². The lowest BCUT2D eigenvalue weighted by molar-refractivity contribution is 0.0873. The van der Waals surface area contributed by atoms with Crippen LogP contribution < -0.4 is 15.4 Å². The number of carbonyl (C=O) groups excluding carboxylic acids is 1. The molecular formula is C25H34N2O2. The molecule has 2 N–H and O–H groups in total. The molecule has 0 atom stereocenters. The van der Waals surface area contributed by atoms with Gasteiger partial charge in [0.2, 0.25) is 0 Å². The summed E-state index contributed by atoms with van der Waals surface area (Å²) in [5.41, 5.74) is 4.02. The van der Waals surface area contributed by atoms with Gasteiger partial charge in [-0.05, 0) is 83.2 Å². The molecule has 0 spiro atoms. The first-order chi connectivity index (χ1) is 13.5. The fourth-order valence-corrected chi connectivity index (χ4v) is 4.63. The molecule has 0 aromatic heterocycles. The minimum absolute atomic E-state index is 0.00853. The highest BCUT2D eigenvalue weighted by molar-refractivity contribution is 5.94. The quantitative estimate of drug-likeness (QED) is 0.757. The average Bonchev–Trinajstić information content (AvgIpc) is 2.59. The maximum atomic E-state index is 12.8. The van der Waals surface area contributed by atoms with Gasteiger partial charge in [0, 0.05) is 22.7 Å². The van der Waals surface area contributed by atoms with Gasteiger partial charge in [0.1, 0.15) is 12.4 Å². The second-order valence-electron chi connectivity index (χ2n) is 9.68. The number of hydrogen-bond donors (Lipinski definition) is 2. The summed E-state index contributed by atoms with van der Waals surface area (Å²) in [6.07, 6.45) is 1.84. The summed E-state index contributed by atoms with van der Waals surface area (Å²) in [5, 5.41) is 6.88. The van der Waals surface area contributed by atoms with Gasteiger partial charge in [-0.15, -0.1) is 0 Å². The number of piperidine rings is 1. The Bertz CT molecular complexity index is 833. The van der Waals surface area contributed by atoms with Crippen LogP contribution in [0.2, 0.25) is 0 Å². The Morgan fingerprint density at radius 1 is 1.00 bits per heavy atom. The predicted molar refractivity (Wildman–Crippen MR) is 118 cm³/mol. The molecule has 156 valence electrons. The fourth-order valence-electron chi connectivity index (χ4n) is 4.63. The highest BCUT2D eigenvalue weighted by Crippen LogP contribution is 2.28. The highest BCUT2D eigenvalue weighted by Gasteiger charge is 2.38. The first-order valence-electron chi connectivity index (χ1n) is 10.4. The van der Waals surface area contributed by atoms with E-state index in [4.69, 9.17) is 4.74 Å². The van der Waals surface area contributed by atoms with Gasteiger partial charge >= 0.3 is 0 Å². The van der Waals surface area contributed by atoms with Gasteiger partial charge in [-0.1, -0.05) is 30.3 Å². The SMILES string of the molecule is Cc1cccc(C)c1OCc1ccc(C(=O)NC2CC(C)(C)NC(C)(C)C2)cc1. The van der Waals surface area contributed by atoms with Crippen LogP contribution in [-0.2, 0) is 6.61 Å². The first-order valence-corrected chi connectivity index (χ1v) is 10.4. The van der Waals surface area contributed by atoms with E-state index in [0.29, 0.717) is 12.2 Å². The molecule has 1 heterocycles. The lowest BCUT2D eigenvalue weighted by Crippen LogP contribution is -2.62. The first kappa shape index (κ1) is 21.4. The molecular weight excluding hydrogens is 360 g/mol. The molecule has 1 amide bonds.